The molecule has 12 aromatic heterocycles. The van der Waals surface area contributed by atoms with Crippen LogP contribution in [0.3, 0.4) is 0 Å². The number of carbonyl (C=O) groups excluding carboxylic acids is 4. The summed E-state index contributed by atoms with van der Waals surface area (Å²) in [6.07, 6.45) is 28.7. The minimum atomic E-state index is -0.560. The number of nitrogens with zero attached hydrogens (tertiary/aromatic N) is 20. The second-order valence-electron chi connectivity index (χ2n) is 23.6. The Morgan fingerprint density at radius 1 is 0.390 bits per heavy atom. The molecule has 0 fully saturated rings. The van der Waals surface area contributed by atoms with E-state index in [1.54, 1.807) is 40.1 Å². The highest BCUT2D eigenvalue weighted by molar-refractivity contribution is 7.93. The summed E-state index contributed by atoms with van der Waals surface area (Å²) < 4.78 is 37.4. The number of pyridine rings is 8. The Kier molecular flexibility index (Phi) is 32.9. The third-order valence-corrected chi connectivity index (χ3v) is 17.0. The Bertz CT molecular complexity index is 5090. The molecule has 118 heavy (non-hydrogen) atoms. The Morgan fingerprint density at radius 3 is 0.890 bits per heavy atom. The van der Waals surface area contributed by atoms with Crippen LogP contribution in [-0.2, 0) is 25.6 Å². The number of carbonyl (C=O) groups is 4. The van der Waals surface area contributed by atoms with E-state index < -0.39 is 42.4 Å². The van der Waals surface area contributed by atoms with E-state index in [4.69, 9.17) is 70.1 Å². The molecule has 13 rings (SSSR count). The Hall–Kier alpha value is -13.5. The third-order valence-electron chi connectivity index (χ3n) is 15.9. The van der Waals surface area contributed by atoms with Crippen LogP contribution in [0.5, 0.6) is 23.0 Å². The van der Waals surface area contributed by atoms with Crippen LogP contribution >= 0.6 is 58.6 Å². The summed E-state index contributed by atoms with van der Waals surface area (Å²) in [4.78, 5) is 87.2. The second-order valence-corrected chi connectivity index (χ2v) is 25.5. The highest BCUT2D eigenvalue weighted by Crippen LogP contribution is 2.38. The minimum Gasteiger partial charge on any atom is -0.506 e. The van der Waals surface area contributed by atoms with Gasteiger partial charge in [-0.15, -0.1) is 19.2 Å². The van der Waals surface area contributed by atoms with Gasteiger partial charge in [0.1, 0.15) is 29.6 Å². The van der Waals surface area contributed by atoms with E-state index in [-0.39, 0.29) is 55.6 Å². The molecule has 4 atom stereocenters. The number of hydrogen-bond acceptors (Lipinski definition) is 29. The molecule has 0 spiro atoms. The van der Waals surface area contributed by atoms with E-state index in [0.717, 1.165) is 5.56 Å². The maximum atomic E-state index is 12.7. The van der Waals surface area contributed by atoms with Gasteiger partial charge in [-0.2, -0.15) is 44.7 Å². The molecule has 0 aliphatic rings. The summed E-state index contributed by atoms with van der Waals surface area (Å²) in [5, 5.41) is 84.0. The van der Waals surface area contributed by atoms with Crippen molar-refractivity contribution in [2.75, 3.05) is 77.2 Å². The number of rotatable bonds is 23. The second kappa shape index (κ2) is 43.9. The van der Waals surface area contributed by atoms with Crippen molar-refractivity contribution in [2.24, 2.45) is 0 Å². The molecule has 8 amide bonds. The fourth-order valence-corrected chi connectivity index (χ4v) is 11.2. The molecule has 0 aliphatic heterocycles. The van der Waals surface area contributed by atoms with Crippen molar-refractivity contribution < 1.29 is 62.1 Å². The van der Waals surface area contributed by atoms with Gasteiger partial charge in [-0.25, -0.2) is 39.1 Å². The first-order valence-corrected chi connectivity index (χ1v) is 36.9. The maximum absolute atomic E-state index is 12.7. The van der Waals surface area contributed by atoms with Gasteiger partial charge < -0.3 is 81.5 Å². The predicted molar refractivity (Wildman–Crippen MR) is 436 cm³/mol. The monoisotopic (exact) mass is 1710 g/mol. The van der Waals surface area contributed by atoms with Gasteiger partial charge in [-0.3, -0.25) is 19.9 Å². The smallest absolute Gasteiger partial charge is 0.323 e. The van der Waals surface area contributed by atoms with Crippen LogP contribution in [0.4, 0.5) is 68.6 Å². The van der Waals surface area contributed by atoms with E-state index in [0.29, 0.717) is 103 Å². The lowest BCUT2D eigenvalue weighted by molar-refractivity contribution is 0.116. The van der Waals surface area contributed by atoms with Crippen molar-refractivity contribution in [2.45, 2.75) is 58.7 Å². The first-order chi connectivity index (χ1) is 56.9. The number of amides is 8. The van der Waals surface area contributed by atoms with Crippen LogP contribution in [0, 0.1) is 0 Å². The number of ether oxygens (including phenoxy) is 5. The molecular formula is C72H73Cl4FN28O12S. The Morgan fingerprint density at radius 2 is 0.636 bits per heavy atom. The van der Waals surface area contributed by atoms with E-state index in [2.05, 4.69) is 123 Å². The zero-order chi connectivity index (χ0) is 84.8. The van der Waals surface area contributed by atoms with Crippen molar-refractivity contribution >= 4 is 128 Å². The topological polar surface area (TPSA) is 497 Å². The molecule has 46 heteroatoms. The molecule has 11 N–H and O–H groups in total. The molecule has 0 radical (unpaired) electrons. The Labute approximate surface area is 694 Å². The minimum absolute atomic E-state index is 0.0806. The average Bonchev–Trinajstić information content (AvgIpc) is 1.82. The van der Waals surface area contributed by atoms with Gasteiger partial charge in [0, 0.05) is 69.1 Å². The third kappa shape index (κ3) is 24.5. The van der Waals surface area contributed by atoms with Crippen molar-refractivity contribution in [1.29, 1.82) is 0 Å². The van der Waals surface area contributed by atoms with Crippen molar-refractivity contribution in [3.63, 3.8) is 0 Å². The molecule has 0 aliphatic carbocycles. The summed E-state index contributed by atoms with van der Waals surface area (Å²) in [5.74, 6) is 1.62. The number of methoxy groups -OCH3 is 4. The van der Waals surface area contributed by atoms with Crippen LogP contribution in [0.15, 0.2) is 179 Å². The standard InChI is InChI=1S/C23H22ClN7O3.3C16H16ClN7O3.CH3FS/c1-15(33-2)21-19(12-25-13-20(21)34-14-16-6-4-3-5-7-16)30-23(32)29-17-10-18(24)22(26-11-17)31-27-8-9-28-31;3*1-9(27-2)14-12(7-18-8-13(14)25)23-16(26)22-10-5-11(17)15(19-6-10)24-20-3-4-21-24;1-3-2/h3-13,15H,14H2,1-2H3,(H2,29,30,32);3*3-9,25H,1-2H3,(H2,22,23,26);1H3/t;2*9-;;/m.10../s1. The van der Waals surface area contributed by atoms with Gasteiger partial charge in [0.2, 0.25) is 0 Å². The first-order valence-electron chi connectivity index (χ1n) is 34.3. The molecule has 13 aromatic rings. The number of halogens is 5. The zero-order valence-corrected chi connectivity index (χ0v) is 67.4. The summed E-state index contributed by atoms with van der Waals surface area (Å²) in [6, 6.07) is 13.7. The highest BCUT2D eigenvalue weighted by Gasteiger charge is 2.24. The number of aromatic nitrogens is 20. The number of urea groups is 4. The van der Waals surface area contributed by atoms with Gasteiger partial charge in [0.15, 0.2) is 23.3 Å². The van der Waals surface area contributed by atoms with Crippen LogP contribution in [0.1, 0.15) is 79.9 Å². The van der Waals surface area contributed by atoms with E-state index in [9.17, 15) is 38.4 Å². The average molecular weight is 1720 g/mol. The molecule has 12 heterocycles. The number of benzene rings is 1. The van der Waals surface area contributed by atoms with Crippen molar-refractivity contribution in [3.05, 3.63) is 226 Å². The molecule has 614 valence electrons. The summed E-state index contributed by atoms with van der Waals surface area (Å²) in [7, 11) is 6.08. The largest absolute Gasteiger partial charge is 0.506 e. The summed E-state index contributed by atoms with van der Waals surface area (Å²) >= 11 is 25.1. The molecule has 2 unspecified atom stereocenters. The molecule has 0 saturated carbocycles. The summed E-state index contributed by atoms with van der Waals surface area (Å²) in [5.41, 5.74) is 5.81. The molecule has 0 saturated heterocycles. The zero-order valence-electron chi connectivity index (χ0n) is 63.5. The Balaban J connectivity index is 0.000000178. The highest BCUT2D eigenvalue weighted by atomic mass is 35.5. The lowest BCUT2D eigenvalue weighted by Crippen LogP contribution is -2.21. The molecule has 0 bridgehead atoms. The van der Waals surface area contributed by atoms with Gasteiger partial charge in [-0.1, -0.05) is 76.7 Å². The molecular weight excluding hydrogens is 1640 g/mol. The fourth-order valence-electron chi connectivity index (χ4n) is 10.3. The molecule has 1 aromatic carbocycles. The van der Waals surface area contributed by atoms with Gasteiger partial charge in [0.25, 0.3) is 0 Å². The fraction of sp³-hybridized carbons (Fsp3) is 0.194. The number of hydrogen-bond donors (Lipinski definition) is 11. The lowest BCUT2D eigenvalue weighted by atomic mass is 10.1. The number of nitrogens with one attached hydrogen (secondary N) is 8. The quantitative estimate of drug-likeness (QED) is 0.0283. The predicted octanol–water partition coefficient (Wildman–Crippen LogP) is 14.2. The van der Waals surface area contributed by atoms with Crippen LogP contribution in [0.2, 0.25) is 20.1 Å². The van der Waals surface area contributed by atoms with Crippen LogP contribution in [-0.4, -0.2) is 174 Å². The van der Waals surface area contributed by atoms with Crippen molar-refractivity contribution in [1.82, 2.24) is 99.8 Å². The van der Waals surface area contributed by atoms with Gasteiger partial charge in [0.05, 0.1) is 214 Å². The maximum Gasteiger partial charge on any atom is 0.323 e. The van der Waals surface area contributed by atoms with Crippen LogP contribution < -0.4 is 47.3 Å². The normalized spacial score (nSPS) is 11.6. The number of aromatic hydroxyl groups is 3. The van der Waals surface area contributed by atoms with E-state index in [1.165, 1.54) is 183 Å². The van der Waals surface area contributed by atoms with E-state index in [1.807, 2.05) is 37.3 Å². The van der Waals surface area contributed by atoms with Crippen LogP contribution in [0.25, 0.3) is 23.3 Å². The van der Waals surface area contributed by atoms with E-state index >= 15 is 0 Å². The van der Waals surface area contributed by atoms with Crippen molar-refractivity contribution in [3.8, 4) is 46.3 Å². The number of anilines is 8. The molecule has 40 nitrogen and oxygen atoms in total. The van der Waals surface area contributed by atoms with Gasteiger partial charge in [-0.05, 0) is 57.5 Å². The lowest BCUT2D eigenvalue weighted by Gasteiger charge is -2.20. The van der Waals surface area contributed by atoms with Gasteiger partial charge >= 0.3 is 24.1 Å². The summed E-state index contributed by atoms with van der Waals surface area (Å²) in [6.45, 7) is 7.43. The first kappa shape index (κ1) is 88.5. The SMILES string of the molecule is COC(C)c1c(NC(=O)Nc2cnc(-n3nccn3)c(Cl)c2)cncc1OCc1ccccc1.COC(C)c1c(O)cncc1NC(=O)Nc1cnc(-n2nccn2)c(Cl)c1.CO[C@@H](C)c1c(O)cncc1NC(=O)Nc1cnc(-n2nccn2)c(Cl)c1.CO[C@H](C)c1c(O)cncc1NC(=O)Nc1cnc(-n2nccn2)c(Cl)c1.CSF.